The summed E-state index contributed by atoms with van der Waals surface area (Å²) in [7, 11) is 0. The Morgan fingerprint density at radius 1 is 1.12 bits per heavy atom. The van der Waals surface area contributed by atoms with Crippen LogP contribution in [0.2, 0.25) is 5.15 Å². The number of pyridine rings is 1. The summed E-state index contributed by atoms with van der Waals surface area (Å²) in [5.74, 6) is -3.15. The highest BCUT2D eigenvalue weighted by molar-refractivity contribution is 6.33. The molecule has 24 heavy (non-hydrogen) atoms. The van der Waals surface area contributed by atoms with Crippen LogP contribution in [0, 0.1) is 17.5 Å². The van der Waals surface area contributed by atoms with Gasteiger partial charge in [0.05, 0.1) is 23.0 Å². The maximum atomic E-state index is 14.3. The fourth-order valence-corrected chi connectivity index (χ4v) is 2.71. The average molecular weight is 354 g/mol. The van der Waals surface area contributed by atoms with Crippen LogP contribution in [-0.4, -0.2) is 16.0 Å². The van der Waals surface area contributed by atoms with Crippen LogP contribution in [0.5, 0.6) is 0 Å². The van der Waals surface area contributed by atoms with Crippen molar-refractivity contribution in [3.05, 3.63) is 47.1 Å². The molecule has 0 bridgehead atoms. The van der Waals surface area contributed by atoms with Crippen LogP contribution in [0.4, 0.5) is 18.9 Å². The molecule has 2 N–H and O–H groups in total. The van der Waals surface area contributed by atoms with Crippen LogP contribution in [0.1, 0.15) is 13.8 Å². The molecule has 0 aliphatic carbocycles. The van der Waals surface area contributed by atoms with Gasteiger partial charge in [0, 0.05) is 18.2 Å². The number of hydrogen-bond donors (Lipinski definition) is 1. The highest BCUT2D eigenvalue weighted by Crippen LogP contribution is 2.40. The third kappa shape index (κ3) is 2.87. The van der Waals surface area contributed by atoms with Crippen molar-refractivity contribution in [2.75, 3.05) is 5.32 Å². The highest BCUT2D eigenvalue weighted by atomic mass is 35.5. The lowest BCUT2D eigenvalue weighted by Crippen LogP contribution is -2.15. The van der Waals surface area contributed by atoms with Gasteiger partial charge in [-0.3, -0.25) is 0 Å². The number of fused-ring (bicyclic) bond motifs is 1. The van der Waals surface area contributed by atoms with E-state index in [1.807, 2.05) is 13.8 Å². The second-order valence-electron chi connectivity index (χ2n) is 5.48. The van der Waals surface area contributed by atoms with E-state index in [4.69, 9.17) is 11.6 Å². The van der Waals surface area contributed by atoms with Gasteiger partial charge >= 0.3 is 5.65 Å². The Morgan fingerprint density at radius 2 is 1.79 bits per heavy atom. The Bertz CT molecular complexity index is 908. The van der Waals surface area contributed by atoms with Crippen molar-refractivity contribution < 1.29 is 18.2 Å². The summed E-state index contributed by atoms with van der Waals surface area (Å²) in [4.78, 5) is 11.2. The number of nitrogens with zero attached hydrogens (tertiary/aromatic N) is 2. The fourth-order valence-electron chi connectivity index (χ4n) is 2.44. The van der Waals surface area contributed by atoms with Crippen LogP contribution >= 0.6 is 11.6 Å². The SMILES string of the molecule is CC(C)Nc1c(-c2c(F)cc(F)cc2F)c(Cl)nc2[nH+]ccnc12. The van der Waals surface area contributed by atoms with Crippen LogP contribution in [0.25, 0.3) is 22.3 Å². The second-order valence-corrected chi connectivity index (χ2v) is 5.84. The lowest BCUT2D eigenvalue weighted by atomic mass is 10.0. The summed E-state index contributed by atoms with van der Waals surface area (Å²) in [6.07, 6.45) is 3.05. The molecule has 0 atom stereocenters. The molecule has 8 heteroatoms. The summed E-state index contributed by atoms with van der Waals surface area (Å²) in [6, 6.07) is 1.13. The maximum Gasteiger partial charge on any atom is 0.350 e. The van der Waals surface area contributed by atoms with E-state index in [0.29, 0.717) is 29.0 Å². The number of hydrogen-bond acceptors (Lipinski definition) is 3. The van der Waals surface area contributed by atoms with Crippen molar-refractivity contribution in [3.8, 4) is 11.1 Å². The van der Waals surface area contributed by atoms with Crippen molar-refractivity contribution in [3.63, 3.8) is 0 Å². The van der Waals surface area contributed by atoms with Crippen molar-refractivity contribution >= 4 is 28.5 Å². The third-order valence-corrected chi connectivity index (χ3v) is 3.59. The number of nitrogens with one attached hydrogen (secondary N) is 2. The molecule has 2 heterocycles. The zero-order chi connectivity index (χ0) is 17.4. The first kappa shape index (κ1) is 16.4. The smallest absolute Gasteiger partial charge is 0.350 e. The molecule has 0 aliphatic heterocycles. The molecule has 2 aromatic heterocycles. The van der Waals surface area contributed by atoms with E-state index >= 15 is 0 Å². The van der Waals surface area contributed by atoms with Gasteiger partial charge in [-0.25, -0.2) is 23.1 Å². The van der Waals surface area contributed by atoms with Gasteiger partial charge in [0.2, 0.25) is 0 Å². The number of aromatic amines is 1. The van der Waals surface area contributed by atoms with E-state index in [-0.39, 0.29) is 16.8 Å². The first-order valence-electron chi connectivity index (χ1n) is 7.16. The quantitative estimate of drug-likeness (QED) is 0.724. The van der Waals surface area contributed by atoms with Crippen LogP contribution in [-0.2, 0) is 0 Å². The number of halogens is 4. The molecular weight excluding hydrogens is 341 g/mol. The van der Waals surface area contributed by atoms with E-state index in [1.54, 1.807) is 6.20 Å². The minimum absolute atomic E-state index is 0.0000309. The number of anilines is 1. The Kier molecular flexibility index (Phi) is 4.28. The molecule has 124 valence electrons. The summed E-state index contributed by atoms with van der Waals surface area (Å²) in [6.45, 7) is 3.71. The van der Waals surface area contributed by atoms with Gasteiger partial charge in [-0.2, -0.15) is 0 Å². The normalized spacial score (nSPS) is 11.3. The molecule has 4 nitrogen and oxygen atoms in total. The molecule has 0 fully saturated rings. The topological polar surface area (TPSA) is 52.0 Å². The van der Waals surface area contributed by atoms with Crippen LogP contribution in [0.15, 0.2) is 24.5 Å². The zero-order valence-corrected chi connectivity index (χ0v) is 13.5. The molecule has 0 radical (unpaired) electrons. The summed E-state index contributed by atoms with van der Waals surface area (Å²) in [5.41, 5.74) is 0.594. The van der Waals surface area contributed by atoms with E-state index in [9.17, 15) is 13.2 Å². The predicted octanol–water partition coefficient (Wildman–Crippen LogP) is 4.00. The highest BCUT2D eigenvalue weighted by Gasteiger charge is 2.27. The van der Waals surface area contributed by atoms with E-state index in [0.717, 1.165) is 0 Å². The van der Waals surface area contributed by atoms with Crippen molar-refractivity contribution in [1.29, 1.82) is 0 Å². The second kappa shape index (κ2) is 6.24. The fraction of sp³-hybridized carbons (Fsp3) is 0.188. The van der Waals surface area contributed by atoms with E-state index in [1.165, 1.54) is 6.20 Å². The van der Waals surface area contributed by atoms with Gasteiger partial charge in [0.15, 0.2) is 5.52 Å². The van der Waals surface area contributed by atoms with Gasteiger partial charge in [-0.05, 0) is 30.4 Å². The molecule has 3 rings (SSSR count). The Labute approximate surface area is 140 Å². The first-order valence-corrected chi connectivity index (χ1v) is 7.53. The maximum absolute atomic E-state index is 14.3. The number of benzene rings is 1. The zero-order valence-electron chi connectivity index (χ0n) is 12.8. The Morgan fingerprint density at radius 3 is 2.42 bits per heavy atom. The van der Waals surface area contributed by atoms with Gasteiger partial charge in [-0.15, -0.1) is 0 Å². The minimum Gasteiger partial charge on any atom is -0.380 e. The van der Waals surface area contributed by atoms with Gasteiger partial charge in [-0.1, -0.05) is 0 Å². The number of H-pyrrole nitrogens is 1. The molecular formula is C16H13ClF3N4+. The molecule has 0 unspecified atom stereocenters. The minimum atomic E-state index is -1.07. The molecule has 0 aliphatic rings. The largest absolute Gasteiger partial charge is 0.380 e. The van der Waals surface area contributed by atoms with Crippen LogP contribution < -0.4 is 10.3 Å². The average Bonchev–Trinajstić information content (AvgIpc) is 2.48. The number of aromatic nitrogens is 3. The lowest BCUT2D eigenvalue weighted by molar-refractivity contribution is -0.348. The summed E-state index contributed by atoms with van der Waals surface area (Å²) >= 11 is 6.18. The Balaban J connectivity index is 2.41. The standard InChI is InChI=1S/C16H12ClF3N4/c1-7(2)23-13-12(11-9(19)5-8(18)6-10(11)20)15(17)24-16-14(13)21-3-4-22-16/h3-7H,1-2H3,(H,22,23,24)/p+1. The summed E-state index contributed by atoms with van der Waals surface area (Å²) < 4.78 is 41.8. The summed E-state index contributed by atoms with van der Waals surface area (Å²) in [5, 5.41) is 2.97. The van der Waals surface area contributed by atoms with Gasteiger partial charge in [0.1, 0.15) is 23.6 Å². The van der Waals surface area contributed by atoms with E-state index < -0.39 is 23.0 Å². The van der Waals surface area contributed by atoms with Gasteiger partial charge in [0.25, 0.3) is 5.15 Å². The van der Waals surface area contributed by atoms with Crippen LogP contribution in [0.3, 0.4) is 0 Å². The van der Waals surface area contributed by atoms with Crippen molar-refractivity contribution in [2.45, 2.75) is 19.9 Å². The number of rotatable bonds is 3. The molecule has 0 spiro atoms. The van der Waals surface area contributed by atoms with Crippen molar-refractivity contribution in [2.24, 2.45) is 0 Å². The van der Waals surface area contributed by atoms with Crippen molar-refractivity contribution in [1.82, 2.24) is 9.97 Å². The Hall–Kier alpha value is -2.41. The monoisotopic (exact) mass is 353 g/mol. The third-order valence-electron chi connectivity index (χ3n) is 3.32. The molecule has 1 aromatic carbocycles. The van der Waals surface area contributed by atoms with E-state index in [2.05, 4.69) is 20.3 Å². The first-order chi connectivity index (χ1) is 11.4. The molecule has 3 aromatic rings. The molecule has 0 saturated heterocycles. The molecule has 0 amide bonds. The molecule has 0 saturated carbocycles. The predicted molar refractivity (Wildman–Crippen MR) is 85.2 cm³/mol. The lowest BCUT2D eigenvalue weighted by Gasteiger charge is -2.16. The van der Waals surface area contributed by atoms with Gasteiger partial charge < -0.3 is 5.32 Å².